The van der Waals surface area contributed by atoms with Crippen LogP contribution in [0.25, 0.3) is 0 Å². The summed E-state index contributed by atoms with van der Waals surface area (Å²) in [6.07, 6.45) is 1.76. The average Bonchev–Trinajstić information content (AvgIpc) is 2.05. The van der Waals surface area contributed by atoms with Crippen molar-refractivity contribution in [2.24, 2.45) is 0 Å². The first-order valence-electron chi connectivity index (χ1n) is 2.96. The van der Waals surface area contributed by atoms with Crippen molar-refractivity contribution in [3.05, 3.63) is 23.9 Å². The molecule has 0 aliphatic carbocycles. The van der Waals surface area contributed by atoms with Gasteiger partial charge >= 0.3 is 0 Å². The maximum absolute atomic E-state index is 4.88. The van der Waals surface area contributed by atoms with Crippen LogP contribution in [0.4, 0.5) is 0 Å². The Labute approximate surface area is 65.6 Å². The lowest BCUT2D eigenvalue weighted by atomic mass is 10.3. The molecule has 0 saturated carbocycles. The summed E-state index contributed by atoms with van der Waals surface area (Å²) in [5.41, 5.74) is 1.10. The van der Waals surface area contributed by atoms with E-state index >= 15 is 0 Å². The van der Waals surface area contributed by atoms with Gasteiger partial charge in [0.05, 0.1) is 7.11 Å². The molecule has 1 heterocycles. The number of methoxy groups -OCH3 is 1. The van der Waals surface area contributed by atoms with E-state index in [0.717, 1.165) is 11.3 Å². The fraction of sp³-hybridized carbons (Fsp3) is 0.286. The van der Waals surface area contributed by atoms with Crippen molar-refractivity contribution in [3.8, 4) is 5.88 Å². The Hall–Kier alpha value is -0.700. The molecular formula is C7H9NOS. The Bertz CT molecular complexity index is 174. The first-order valence-corrected chi connectivity index (χ1v) is 3.60. The van der Waals surface area contributed by atoms with E-state index in [0.29, 0.717) is 5.88 Å². The lowest BCUT2D eigenvalue weighted by Crippen LogP contribution is -1.87. The number of nitrogens with zero attached hydrogens (tertiary/aromatic N) is 1. The SMILES string of the molecule is COc1ccc(CS)cn1. The summed E-state index contributed by atoms with van der Waals surface area (Å²) in [7, 11) is 1.60. The summed E-state index contributed by atoms with van der Waals surface area (Å²) in [6, 6.07) is 3.77. The molecule has 0 aliphatic heterocycles. The van der Waals surface area contributed by atoms with Crippen molar-refractivity contribution in [2.45, 2.75) is 5.75 Å². The van der Waals surface area contributed by atoms with Crippen LogP contribution >= 0.6 is 12.6 Å². The third-order valence-electron chi connectivity index (χ3n) is 1.19. The van der Waals surface area contributed by atoms with E-state index in [-0.39, 0.29) is 0 Å². The van der Waals surface area contributed by atoms with Gasteiger partial charge in [-0.25, -0.2) is 4.98 Å². The summed E-state index contributed by atoms with van der Waals surface area (Å²) in [6.45, 7) is 0. The number of thiol groups is 1. The van der Waals surface area contributed by atoms with Crippen LogP contribution in [-0.2, 0) is 5.75 Å². The topological polar surface area (TPSA) is 22.1 Å². The van der Waals surface area contributed by atoms with Gasteiger partial charge in [-0.2, -0.15) is 12.6 Å². The van der Waals surface area contributed by atoms with Gasteiger partial charge in [0, 0.05) is 18.0 Å². The third-order valence-corrected chi connectivity index (χ3v) is 1.55. The van der Waals surface area contributed by atoms with E-state index < -0.39 is 0 Å². The van der Waals surface area contributed by atoms with Gasteiger partial charge in [0.15, 0.2) is 0 Å². The smallest absolute Gasteiger partial charge is 0.212 e. The standard InChI is InChI=1S/C7H9NOS/c1-9-7-3-2-6(5-10)4-8-7/h2-4,10H,5H2,1H3. The molecule has 0 amide bonds. The van der Waals surface area contributed by atoms with E-state index in [1.165, 1.54) is 0 Å². The Balaban J connectivity index is 2.80. The van der Waals surface area contributed by atoms with Crippen LogP contribution in [0.1, 0.15) is 5.56 Å². The zero-order valence-corrected chi connectivity index (χ0v) is 6.64. The molecule has 3 heteroatoms. The molecular weight excluding hydrogens is 146 g/mol. The van der Waals surface area contributed by atoms with Crippen LogP contribution in [0, 0.1) is 0 Å². The van der Waals surface area contributed by atoms with Crippen LogP contribution in [-0.4, -0.2) is 12.1 Å². The first-order chi connectivity index (χ1) is 4.86. The highest BCUT2D eigenvalue weighted by Crippen LogP contribution is 2.07. The predicted molar refractivity (Wildman–Crippen MR) is 43.5 cm³/mol. The summed E-state index contributed by atoms with van der Waals surface area (Å²) in [4.78, 5) is 4.00. The highest BCUT2D eigenvalue weighted by atomic mass is 32.1. The van der Waals surface area contributed by atoms with E-state index in [9.17, 15) is 0 Å². The molecule has 10 heavy (non-hydrogen) atoms. The molecule has 1 rings (SSSR count). The second-order valence-electron chi connectivity index (χ2n) is 1.87. The van der Waals surface area contributed by atoms with Crippen LogP contribution in [0.2, 0.25) is 0 Å². The molecule has 0 saturated heterocycles. The number of ether oxygens (including phenoxy) is 1. The lowest BCUT2D eigenvalue weighted by Gasteiger charge is -1.97. The van der Waals surface area contributed by atoms with Gasteiger partial charge in [0.2, 0.25) is 5.88 Å². The van der Waals surface area contributed by atoms with E-state index in [2.05, 4.69) is 17.6 Å². The van der Waals surface area contributed by atoms with Crippen LogP contribution in [0.5, 0.6) is 5.88 Å². The van der Waals surface area contributed by atoms with E-state index in [1.54, 1.807) is 13.3 Å². The quantitative estimate of drug-likeness (QED) is 0.654. The Kier molecular flexibility index (Phi) is 2.57. The zero-order chi connectivity index (χ0) is 7.40. The fourth-order valence-corrected chi connectivity index (χ4v) is 0.812. The molecule has 0 aromatic carbocycles. The summed E-state index contributed by atoms with van der Waals surface area (Å²) < 4.78 is 4.88. The van der Waals surface area contributed by atoms with E-state index in [4.69, 9.17) is 4.74 Å². The van der Waals surface area contributed by atoms with Gasteiger partial charge in [-0.3, -0.25) is 0 Å². The predicted octanol–water partition coefficient (Wildman–Crippen LogP) is 1.52. The largest absolute Gasteiger partial charge is 0.481 e. The molecule has 2 nitrogen and oxygen atoms in total. The molecule has 0 N–H and O–H groups in total. The van der Waals surface area contributed by atoms with Gasteiger partial charge in [0.25, 0.3) is 0 Å². The van der Waals surface area contributed by atoms with Crippen molar-refractivity contribution in [3.63, 3.8) is 0 Å². The first kappa shape index (κ1) is 7.41. The Morgan fingerprint density at radius 1 is 1.60 bits per heavy atom. The van der Waals surface area contributed by atoms with Gasteiger partial charge in [-0.1, -0.05) is 6.07 Å². The molecule has 0 bridgehead atoms. The summed E-state index contributed by atoms with van der Waals surface area (Å²) in [5.74, 6) is 1.36. The number of rotatable bonds is 2. The van der Waals surface area contributed by atoms with Crippen molar-refractivity contribution < 1.29 is 4.74 Å². The normalized spacial score (nSPS) is 9.40. The lowest BCUT2D eigenvalue weighted by molar-refractivity contribution is 0.397. The van der Waals surface area contributed by atoms with Gasteiger partial charge in [-0.15, -0.1) is 0 Å². The third kappa shape index (κ3) is 1.64. The van der Waals surface area contributed by atoms with E-state index in [1.807, 2.05) is 12.1 Å². The van der Waals surface area contributed by atoms with Gasteiger partial charge < -0.3 is 4.74 Å². The Morgan fingerprint density at radius 2 is 2.40 bits per heavy atom. The number of hydrogen-bond acceptors (Lipinski definition) is 3. The molecule has 1 aromatic heterocycles. The molecule has 0 atom stereocenters. The van der Waals surface area contributed by atoms with Crippen molar-refractivity contribution in [2.75, 3.05) is 7.11 Å². The summed E-state index contributed by atoms with van der Waals surface area (Å²) in [5, 5.41) is 0. The van der Waals surface area contributed by atoms with Crippen molar-refractivity contribution in [1.29, 1.82) is 0 Å². The van der Waals surface area contributed by atoms with Crippen LogP contribution < -0.4 is 4.74 Å². The zero-order valence-electron chi connectivity index (χ0n) is 5.74. The number of pyridine rings is 1. The minimum absolute atomic E-state index is 0.644. The minimum atomic E-state index is 0.644. The highest BCUT2D eigenvalue weighted by molar-refractivity contribution is 7.79. The van der Waals surface area contributed by atoms with Gasteiger partial charge in [0.1, 0.15) is 0 Å². The molecule has 0 aliphatic rings. The second-order valence-corrected chi connectivity index (χ2v) is 2.18. The van der Waals surface area contributed by atoms with Crippen LogP contribution in [0.3, 0.4) is 0 Å². The highest BCUT2D eigenvalue weighted by Gasteiger charge is 1.90. The monoisotopic (exact) mass is 155 g/mol. The number of aromatic nitrogens is 1. The molecule has 0 spiro atoms. The van der Waals surface area contributed by atoms with Crippen molar-refractivity contribution >= 4 is 12.6 Å². The number of hydrogen-bond donors (Lipinski definition) is 1. The molecule has 1 aromatic rings. The molecule has 0 fully saturated rings. The van der Waals surface area contributed by atoms with Gasteiger partial charge in [-0.05, 0) is 5.56 Å². The molecule has 54 valence electrons. The Morgan fingerprint density at radius 3 is 2.80 bits per heavy atom. The maximum Gasteiger partial charge on any atom is 0.212 e. The average molecular weight is 155 g/mol. The minimum Gasteiger partial charge on any atom is -0.481 e. The van der Waals surface area contributed by atoms with Crippen molar-refractivity contribution in [1.82, 2.24) is 4.98 Å². The summed E-state index contributed by atoms with van der Waals surface area (Å²) >= 11 is 4.09. The fourth-order valence-electron chi connectivity index (χ4n) is 0.625. The maximum atomic E-state index is 4.88. The molecule has 0 unspecified atom stereocenters. The van der Waals surface area contributed by atoms with Crippen LogP contribution in [0.15, 0.2) is 18.3 Å². The molecule has 0 radical (unpaired) electrons. The second kappa shape index (κ2) is 3.46.